The van der Waals surface area contributed by atoms with Gasteiger partial charge >= 0.3 is 0 Å². The second-order valence-electron chi connectivity index (χ2n) is 8.90. The van der Waals surface area contributed by atoms with Crippen LogP contribution in [0.15, 0.2) is 18.2 Å². The van der Waals surface area contributed by atoms with Gasteiger partial charge in [-0.3, -0.25) is 9.59 Å². The number of rotatable bonds is 5. The first-order valence-electron chi connectivity index (χ1n) is 9.73. The van der Waals surface area contributed by atoms with Gasteiger partial charge in [-0.15, -0.1) is 0 Å². The van der Waals surface area contributed by atoms with E-state index in [9.17, 15) is 14.0 Å². The molecule has 4 nitrogen and oxygen atoms in total. The third-order valence-corrected chi connectivity index (χ3v) is 6.55. The Kier molecular flexibility index (Phi) is 4.49. The number of anilines is 1. The monoisotopic (exact) mass is 358 g/mol. The lowest BCUT2D eigenvalue weighted by molar-refractivity contribution is -0.131. The fourth-order valence-electron chi connectivity index (χ4n) is 6.00. The summed E-state index contributed by atoms with van der Waals surface area (Å²) in [6, 6.07) is 4.66. The molecule has 2 amide bonds. The fraction of sp³-hybridized carbons (Fsp3) is 0.619. The molecule has 0 aliphatic heterocycles. The van der Waals surface area contributed by atoms with Crippen molar-refractivity contribution in [1.82, 2.24) is 5.32 Å². The lowest BCUT2D eigenvalue weighted by Crippen LogP contribution is -2.48. The molecule has 5 heteroatoms. The first kappa shape index (κ1) is 17.5. The molecule has 4 aliphatic carbocycles. The zero-order valence-electron chi connectivity index (χ0n) is 15.3. The average Bonchev–Trinajstić information content (AvgIpc) is 2.54. The predicted molar refractivity (Wildman–Crippen MR) is 98.0 cm³/mol. The van der Waals surface area contributed by atoms with Gasteiger partial charge in [-0.25, -0.2) is 4.39 Å². The molecule has 0 saturated heterocycles. The number of carbonyl (C=O) groups is 2. The van der Waals surface area contributed by atoms with Gasteiger partial charge in [-0.1, -0.05) is 6.07 Å². The number of benzene rings is 1. The molecule has 4 bridgehead atoms. The second-order valence-corrected chi connectivity index (χ2v) is 8.90. The van der Waals surface area contributed by atoms with Crippen molar-refractivity contribution in [3.63, 3.8) is 0 Å². The molecule has 0 unspecified atom stereocenters. The molecule has 4 aliphatic rings. The van der Waals surface area contributed by atoms with E-state index in [2.05, 4.69) is 10.6 Å². The number of halogens is 1. The summed E-state index contributed by atoms with van der Waals surface area (Å²) in [5, 5.41) is 5.26. The zero-order valence-corrected chi connectivity index (χ0v) is 15.3. The lowest BCUT2D eigenvalue weighted by atomic mass is 9.49. The lowest BCUT2D eigenvalue weighted by Gasteiger charge is -2.56. The van der Waals surface area contributed by atoms with E-state index in [0.29, 0.717) is 6.42 Å². The van der Waals surface area contributed by atoms with Crippen LogP contribution in [0.3, 0.4) is 0 Å². The molecule has 0 atom stereocenters. The van der Waals surface area contributed by atoms with E-state index in [1.54, 1.807) is 19.1 Å². The molecule has 0 aromatic heterocycles. The summed E-state index contributed by atoms with van der Waals surface area (Å²) in [6.07, 6.45) is 8.11. The smallest absolute Gasteiger partial charge is 0.243 e. The molecule has 0 radical (unpaired) electrons. The fourth-order valence-corrected chi connectivity index (χ4v) is 6.00. The van der Waals surface area contributed by atoms with Gasteiger partial charge in [-0.05, 0) is 86.3 Å². The second kappa shape index (κ2) is 6.67. The van der Waals surface area contributed by atoms with Gasteiger partial charge < -0.3 is 10.6 Å². The van der Waals surface area contributed by atoms with E-state index < -0.39 is 11.7 Å². The molecule has 1 aromatic carbocycles. The highest BCUT2D eigenvalue weighted by Gasteiger charge is 2.51. The summed E-state index contributed by atoms with van der Waals surface area (Å²) in [5.74, 6) is 1.52. The van der Waals surface area contributed by atoms with Crippen LogP contribution < -0.4 is 10.6 Å². The summed E-state index contributed by atoms with van der Waals surface area (Å²) in [7, 11) is 0. The summed E-state index contributed by atoms with van der Waals surface area (Å²) >= 11 is 0. The van der Waals surface area contributed by atoms with E-state index >= 15 is 0 Å². The Morgan fingerprint density at radius 2 is 1.69 bits per heavy atom. The molecular formula is C21H27FN2O2. The minimum atomic E-state index is -0.460. The van der Waals surface area contributed by atoms with Gasteiger partial charge in [0.05, 0.1) is 12.2 Å². The normalized spacial score (nSPS) is 31.7. The average molecular weight is 358 g/mol. The summed E-state index contributed by atoms with van der Waals surface area (Å²) in [6.45, 7) is 1.68. The van der Waals surface area contributed by atoms with Crippen LogP contribution in [0.25, 0.3) is 0 Å². The molecule has 0 heterocycles. The standard InChI is InChI=1S/C21H27FN2O2/c1-13-2-3-18(17(22)4-13)24-20(26)12-23-19(25)11-21-8-14-5-15(9-21)7-16(6-14)10-21/h2-4,14-16H,5-12H2,1H3,(H,23,25)(H,24,26). The number of hydrogen-bond acceptors (Lipinski definition) is 2. The van der Waals surface area contributed by atoms with Crippen LogP contribution in [0.4, 0.5) is 10.1 Å². The van der Waals surface area contributed by atoms with Gasteiger partial charge in [0, 0.05) is 6.42 Å². The largest absolute Gasteiger partial charge is 0.347 e. The number of carbonyl (C=O) groups excluding carboxylic acids is 2. The van der Waals surface area contributed by atoms with Crippen molar-refractivity contribution in [2.45, 2.75) is 51.9 Å². The van der Waals surface area contributed by atoms with Crippen LogP contribution in [0.2, 0.25) is 0 Å². The zero-order chi connectivity index (χ0) is 18.3. The van der Waals surface area contributed by atoms with Crippen molar-refractivity contribution in [1.29, 1.82) is 0 Å². The molecule has 4 saturated carbocycles. The Labute approximate surface area is 153 Å². The van der Waals surface area contributed by atoms with E-state index in [-0.39, 0.29) is 23.6 Å². The van der Waals surface area contributed by atoms with Gasteiger partial charge in [0.1, 0.15) is 5.82 Å². The summed E-state index contributed by atoms with van der Waals surface area (Å²) in [5.41, 5.74) is 1.11. The van der Waals surface area contributed by atoms with Gasteiger partial charge in [0.2, 0.25) is 11.8 Å². The quantitative estimate of drug-likeness (QED) is 0.841. The van der Waals surface area contributed by atoms with Crippen molar-refractivity contribution in [3.8, 4) is 0 Å². The molecular weight excluding hydrogens is 331 g/mol. The Bertz CT molecular complexity index is 695. The molecule has 2 N–H and O–H groups in total. The van der Waals surface area contributed by atoms with Crippen LogP contribution in [0, 0.1) is 35.9 Å². The Balaban J connectivity index is 1.28. The molecule has 140 valence electrons. The van der Waals surface area contributed by atoms with Crippen LogP contribution >= 0.6 is 0 Å². The third-order valence-electron chi connectivity index (χ3n) is 6.55. The van der Waals surface area contributed by atoms with Gasteiger partial charge in [0.15, 0.2) is 0 Å². The molecule has 0 spiro atoms. The maximum atomic E-state index is 13.8. The Hall–Kier alpha value is -1.91. The maximum absolute atomic E-state index is 13.8. The van der Waals surface area contributed by atoms with Crippen molar-refractivity contribution in [3.05, 3.63) is 29.6 Å². The van der Waals surface area contributed by atoms with Gasteiger partial charge in [0.25, 0.3) is 0 Å². The predicted octanol–water partition coefficient (Wildman–Crippen LogP) is 3.80. The highest BCUT2D eigenvalue weighted by atomic mass is 19.1. The summed E-state index contributed by atoms with van der Waals surface area (Å²) < 4.78 is 13.8. The van der Waals surface area contributed by atoms with Crippen LogP contribution in [-0.4, -0.2) is 18.4 Å². The number of nitrogens with one attached hydrogen (secondary N) is 2. The minimum Gasteiger partial charge on any atom is -0.347 e. The van der Waals surface area contributed by atoms with Crippen molar-refractivity contribution in [2.75, 3.05) is 11.9 Å². The molecule has 1 aromatic rings. The highest BCUT2D eigenvalue weighted by Crippen LogP contribution is 2.61. The van der Waals surface area contributed by atoms with Crippen molar-refractivity contribution < 1.29 is 14.0 Å². The van der Waals surface area contributed by atoms with Crippen LogP contribution in [-0.2, 0) is 9.59 Å². The third kappa shape index (κ3) is 3.62. The first-order chi connectivity index (χ1) is 12.4. The molecule has 26 heavy (non-hydrogen) atoms. The Morgan fingerprint density at radius 3 is 2.27 bits per heavy atom. The van der Waals surface area contributed by atoms with E-state index in [4.69, 9.17) is 0 Å². The number of hydrogen-bond donors (Lipinski definition) is 2. The highest BCUT2D eigenvalue weighted by molar-refractivity contribution is 5.94. The Morgan fingerprint density at radius 1 is 1.08 bits per heavy atom. The number of aryl methyl sites for hydroxylation is 1. The van der Waals surface area contributed by atoms with Crippen LogP contribution in [0.1, 0.15) is 50.5 Å². The van der Waals surface area contributed by atoms with Crippen LogP contribution in [0.5, 0.6) is 0 Å². The van der Waals surface area contributed by atoms with E-state index in [1.165, 1.54) is 44.6 Å². The van der Waals surface area contributed by atoms with E-state index in [0.717, 1.165) is 23.3 Å². The topological polar surface area (TPSA) is 58.2 Å². The summed E-state index contributed by atoms with van der Waals surface area (Å²) in [4.78, 5) is 24.5. The minimum absolute atomic E-state index is 0.0496. The number of amides is 2. The van der Waals surface area contributed by atoms with Gasteiger partial charge in [-0.2, -0.15) is 0 Å². The molecule has 4 fully saturated rings. The maximum Gasteiger partial charge on any atom is 0.243 e. The first-order valence-corrected chi connectivity index (χ1v) is 9.73. The van der Waals surface area contributed by atoms with Crippen molar-refractivity contribution in [2.24, 2.45) is 23.2 Å². The van der Waals surface area contributed by atoms with E-state index in [1.807, 2.05) is 0 Å². The van der Waals surface area contributed by atoms with Crippen molar-refractivity contribution >= 4 is 17.5 Å². The molecule has 5 rings (SSSR count). The SMILES string of the molecule is Cc1ccc(NC(=O)CNC(=O)CC23CC4CC(CC(C4)C2)C3)c(F)c1.